The third kappa shape index (κ3) is 2.82. The van der Waals surface area contributed by atoms with Crippen LogP contribution in [0.2, 0.25) is 5.02 Å². The molecule has 0 amide bonds. The molecule has 0 saturated carbocycles. The van der Waals surface area contributed by atoms with Crippen LogP contribution in [0.4, 0.5) is 0 Å². The van der Waals surface area contributed by atoms with Gasteiger partial charge >= 0.3 is 0 Å². The minimum absolute atomic E-state index is 0.0965. The Balaban J connectivity index is 3.04. The van der Waals surface area contributed by atoms with E-state index in [4.69, 9.17) is 11.6 Å². The van der Waals surface area contributed by atoms with Crippen LogP contribution in [0.5, 0.6) is 0 Å². The van der Waals surface area contributed by atoms with Crippen LogP contribution in [-0.4, -0.2) is 4.92 Å². The van der Waals surface area contributed by atoms with Crippen LogP contribution in [-0.2, 0) is 0 Å². The summed E-state index contributed by atoms with van der Waals surface area (Å²) in [7, 11) is 0. The fourth-order valence-corrected chi connectivity index (χ4v) is 1.41. The molecule has 0 heterocycles. The fraction of sp³-hybridized carbons (Fsp3) is 0.111. The van der Waals surface area contributed by atoms with Gasteiger partial charge in [-0.1, -0.05) is 17.7 Å². The number of nitrogens with zero attached hydrogens (tertiary/aromatic N) is 1. The van der Waals surface area contributed by atoms with Crippen molar-refractivity contribution < 1.29 is 4.92 Å². The van der Waals surface area contributed by atoms with E-state index in [1.54, 1.807) is 18.2 Å². The first-order chi connectivity index (χ1) is 6.50. The van der Waals surface area contributed by atoms with Crippen LogP contribution in [0.15, 0.2) is 28.4 Å². The summed E-state index contributed by atoms with van der Waals surface area (Å²) in [6, 6.07) is 5.14. The fourth-order valence-electron chi connectivity index (χ4n) is 0.896. The summed E-state index contributed by atoms with van der Waals surface area (Å²) in [5, 5.41) is 10.9. The van der Waals surface area contributed by atoms with Crippen LogP contribution in [0, 0.1) is 10.1 Å². The summed E-state index contributed by atoms with van der Waals surface area (Å²) in [5.74, 6) is 0. The molecule has 1 aromatic carbocycles. The van der Waals surface area contributed by atoms with Gasteiger partial charge in [0.2, 0.25) is 5.70 Å². The number of benzene rings is 1. The van der Waals surface area contributed by atoms with Gasteiger partial charge in [0.05, 0.1) is 9.95 Å². The van der Waals surface area contributed by atoms with Crippen molar-refractivity contribution in [2.45, 2.75) is 6.92 Å². The van der Waals surface area contributed by atoms with E-state index in [9.17, 15) is 10.1 Å². The molecular formula is C9H7BrClNO2. The van der Waals surface area contributed by atoms with Gasteiger partial charge in [-0.15, -0.1) is 0 Å². The predicted molar refractivity (Wildman–Crippen MR) is 59.8 cm³/mol. The van der Waals surface area contributed by atoms with Gasteiger partial charge in [-0.25, -0.2) is 0 Å². The molecule has 0 aromatic heterocycles. The Kier molecular flexibility index (Phi) is 3.66. The SMILES string of the molecule is C/C(=C/c1ccc(Cl)c(Br)c1)[N+](=O)[O-]. The molecule has 0 aliphatic carbocycles. The predicted octanol–water partition coefficient (Wildman–Crippen LogP) is 3.74. The molecule has 1 aromatic rings. The molecule has 5 heteroatoms. The van der Waals surface area contributed by atoms with Gasteiger partial charge in [0.25, 0.3) is 0 Å². The molecule has 0 unspecified atom stereocenters. The van der Waals surface area contributed by atoms with Crippen molar-refractivity contribution in [1.29, 1.82) is 0 Å². The molecule has 0 saturated heterocycles. The summed E-state index contributed by atoms with van der Waals surface area (Å²) in [6.07, 6.45) is 1.49. The van der Waals surface area contributed by atoms with Gasteiger partial charge in [0, 0.05) is 17.5 Å². The Morgan fingerprint density at radius 3 is 2.79 bits per heavy atom. The van der Waals surface area contributed by atoms with Crippen LogP contribution < -0.4 is 0 Å². The number of halogens is 2. The van der Waals surface area contributed by atoms with Crippen molar-refractivity contribution in [1.82, 2.24) is 0 Å². The molecule has 0 atom stereocenters. The van der Waals surface area contributed by atoms with Crippen molar-refractivity contribution in [3.05, 3.63) is 49.1 Å². The highest BCUT2D eigenvalue weighted by atomic mass is 79.9. The van der Waals surface area contributed by atoms with E-state index >= 15 is 0 Å². The number of allylic oxidation sites excluding steroid dienone is 1. The lowest BCUT2D eigenvalue weighted by Gasteiger charge is -1.97. The molecule has 0 fully saturated rings. The average Bonchev–Trinajstić information content (AvgIpc) is 2.11. The van der Waals surface area contributed by atoms with Crippen molar-refractivity contribution in [3.63, 3.8) is 0 Å². The first kappa shape index (κ1) is 11.2. The van der Waals surface area contributed by atoms with Gasteiger partial charge in [-0.3, -0.25) is 10.1 Å². The molecule has 0 N–H and O–H groups in total. The maximum absolute atomic E-state index is 10.4. The second-order valence-electron chi connectivity index (χ2n) is 2.72. The first-order valence-electron chi connectivity index (χ1n) is 3.78. The molecule has 0 aliphatic rings. The summed E-state index contributed by atoms with van der Waals surface area (Å²) >= 11 is 9.02. The minimum Gasteiger partial charge on any atom is -0.259 e. The van der Waals surface area contributed by atoms with E-state index in [0.29, 0.717) is 5.02 Å². The molecule has 0 radical (unpaired) electrons. The molecule has 14 heavy (non-hydrogen) atoms. The van der Waals surface area contributed by atoms with Gasteiger partial charge in [0.15, 0.2) is 0 Å². The second-order valence-corrected chi connectivity index (χ2v) is 3.98. The molecule has 74 valence electrons. The third-order valence-electron chi connectivity index (χ3n) is 1.61. The van der Waals surface area contributed by atoms with E-state index in [-0.39, 0.29) is 5.70 Å². The summed E-state index contributed by atoms with van der Waals surface area (Å²) < 4.78 is 0.726. The Labute approximate surface area is 94.7 Å². The van der Waals surface area contributed by atoms with Gasteiger partial charge in [0.1, 0.15) is 0 Å². The third-order valence-corrected chi connectivity index (χ3v) is 2.82. The zero-order valence-corrected chi connectivity index (χ0v) is 9.67. The highest BCUT2D eigenvalue weighted by molar-refractivity contribution is 9.10. The van der Waals surface area contributed by atoms with Crippen LogP contribution in [0.25, 0.3) is 6.08 Å². The van der Waals surface area contributed by atoms with Crippen LogP contribution >= 0.6 is 27.5 Å². The smallest absolute Gasteiger partial charge is 0.243 e. The summed E-state index contributed by atoms with van der Waals surface area (Å²) in [4.78, 5) is 9.93. The monoisotopic (exact) mass is 275 g/mol. The normalized spacial score (nSPS) is 11.5. The zero-order valence-electron chi connectivity index (χ0n) is 7.33. The topological polar surface area (TPSA) is 43.1 Å². The molecule has 0 spiro atoms. The zero-order chi connectivity index (χ0) is 10.7. The molecule has 0 aliphatic heterocycles. The number of hydrogen-bond acceptors (Lipinski definition) is 2. The standard InChI is InChI=1S/C9H7BrClNO2/c1-6(12(13)14)4-7-2-3-9(11)8(10)5-7/h2-5H,1H3/b6-4-. The average molecular weight is 277 g/mol. The Bertz CT molecular complexity index is 404. The lowest BCUT2D eigenvalue weighted by Crippen LogP contribution is -1.92. The van der Waals surface area contributed by atoms with E-state index in [1.165, 1.54) is 13.0 Å². The van der Waals surface area contributed by atoms with E-state index < -0.39 is 4.92 Å². The van der Waals surface area contributed by atoms with Crippen molar-refractivity contribution in [3.8, 4) is 0 Å². The Hall–Kier alpha value is -0.870. The minimum atomic E-state index is -0.428. The highest BCUT2D eigenvalue weighted by Gasteiger charge is 2.03. The molecule has 3 nitrogen and oxygen atoms in total. The number of hydrogen-bond donors (Lipinski definition) is 0. The Morgan fingerprint density at radius 2 is 2.29 bits per heavy atom. The second kappa shape index (κ2) is 4.57. The van der Waals surface area contributed by atoms with Crippen LogP contribution in [0.3, 0.4) is 0 Å². The molecular weight excluding hydrogens is 269 g/mol. The quantitative estimate of drug-likeness (QED) is 0.610. The maximum Gasteiger partial charge on any atom is 0.243 e. The number of nitro groups is 1. The van der Waals surface area contributed by atoms with Crippen LogP contribution in [0.1, 0.15) is 12.5 Å². The lowest BCUT2D eigenvalue weighted by molar-refractivity contribution is -0.422. The highest BCUT2D eigenvalue weighted by Crippen LogP contribution is 2.24. The van der Waals surface area contributed by atoms with Gasteiger partial charge in [-0.05, 0) is 33.6 Å². The van der Waals surface area contributed by atoms with Crippen molar-refractivity contribution >= 4 is 33.6 Å². The summed E-state index contributed by atoms with van der Waals surface area (Å²) in [6.45, 7) is 1.45. The largest absolute Gasteiger partial charge is 0.259 e. The molecule has 0 bridgehead atoms. The maximum atomic E-state index is 10.4. The van der Waals surface area contributed by atoms with E-state index in [0.717, 1.165) is 10.0 Å². The van der Waals surface area contributed by atoms with E-state index in [2.05, 4.69) is 15.9 Å². The Morgan fingerprint density at radius 1 is 1.64 bits per heavy atom. The lowest BCUT2D eigenvalue weighted by atomic mass is 10.2. The van der Waals surface area contributed by atoms with E-state index in [1.807, 2.05) is 0 Å². The first-order valence-corrected chi connectivity index (χ1v) is 4.95. The van der Waals surface area contributed by atoms with Crippen molar-refractivity contribution in [2.75, 3.05) is 0 Å². The number of rotatable bonds is 2. The van der Waals surface area contributed by atoms with Crippen molar-refractivity contribution in [2.24, 2.45) is 0 Å². The molecule has 1 rings (SSSR count). The van der Waals surface area contributed by atoms with Gasteiger partial charge in [-0.2, -0.15) is 0 Å². The van der Waals surface area contributed by atoms with Gasteiger partial charge < -0.3 is 0 Å². The summed E-state index contributed by atoms with van der Waals surface area (Å²) in [5.41, 5.74) is 0.842.